The van der Waals surface area contributed by atoms with Gasteiger partial charge in [0, 0.05) is 4.91 Å². The van der Waals surface area contributed by atoms with Crippen LogP contribution in [0.4, 0.5) is 0 Å². The molecule has 0 amide bonds. The zero-order chi connectivity index (χ0) is 19.5. The summed E-state index contributed by atoms with van der Waals surface area (Å²) in [4.78, 5) is 0.557. The van der Waals surface area contributed by atoms with Crippen LogP contribution in [0.25, 0.3) is 11.1 Å². The van der Waals surface area contributed by atoms with Gasteiger partial charge in [0.1, 0.15) is 5.75 Å². The molecule has 0 heterocycles. The Labute approximate surface area is 155 Å². The average Bonchev–Trinajstić information content (AvgIpc) is 2.62. The molecular formula is C21H26O4S. The summed E-state index contributed by atoms with van der Waals surface area (Å²) < 4.78 is 26.1. The van der Waals surface area contributed by atoms with Gasteiger partial charge in [-0.05, 0) is 61.1 Å². The number of phenolic OH excluding ortho intramolecular Hbond substituents is 1. The molecule has 2 aromatic rings. The lowest BCUT2D eigenvalue weighted by Crippen LogP contribution is -2.25. The Morgan fingerprint density at radius 1 is 0.923 bits per heavy atom. The van der Waals surface area contributed by atoms with E-state index >= 15 is 0 Å². The van der Waals surface area contributed by atoms with E-state index in [1.54, 1.807) is 68.5 Å². The van der Waals surface area contributed by atoms with Gasteiger partial charge in [-0.3, -0.25) is 0 Å². The van der Waals surface area contributed by atoms with E-state index in [0.717, 1.165) is 11.1 Å². The molecule has 1 unspecified atom stereocenters. The van der Waals surface area contributed by atoms with E-state index in [9.17, 15) is 18.6 Å². The van der Waals surface area contributed by atoms with Gasteiger partial charge in [0.25, 0.3) is 0 Å². The van der Waals surface area contributed by atoms with Crippen molar-refractivity contribution in [3.05, 3.63) is 59.5 Å². The first-order chi connectivity index (χ1) is 12.2. The van der Waals surface area contributed by atoms with Crippen LogP contribution < -0.4 is 0 Å². The summed E-state index contributed by atoms with van der Waals surface area (Å²) in [6, 6.07) is 13.5. The minimum absolute atomic E-state index is 0.174. The van der Waals surface area contributed by atoms with Gasteiger partial charge in [0.05, 0.1) is 11.0 Å². The molecule has 0 aliphatic rings. The quantitative estimate of drug-likeness (QED) is 0.786. The van der Waals surface area contributed by atoms with Crippen molar-refractivity contribution in [2.24, 2.45) is 11.8 Å². The lowest BCUT2D eigenvalue weighted by molar-refractivity contribution is 0.115. The minimum atomic E-state index is -3.62. The van der Waals surface area contributed by atoms with E-state index in [0.29, 0.717) is 4.91 Å². The summed E-state index contributed by atoms with van der Waals surface area (Å²) >= 11 is 0. The van der Waals surface area contributed by atoms with Gasteiger partial charge in [-0.2, -0.15) is 0 Å². The number of rotatable bonds is 6. The predicted molar refractivity (Wildman–Crippen MR) is 104 cm³/mol. The first kappa shape index (κ1) is 20.2. The second kappa shape index (κ2) is 8.06. The number of aromatic hydroxyl groups is 1. The Bertz CT molecular complexity index is 863. The topological polar surface area (TPSA) is 74.6 Å². The van der Waals surface area contributed by atoms with Gasteiger partial charge in [-0.15, -0.1) is 0 Å². The number of aliphatic hydroxyl groups is 1. The van der Waals surface area contributed by atoms with E-state index in [2.05, 4.69) is 0 Å². The Morgan fingerprint density at radius 2 is 1.38 bits per heavy atom. The Morgan fingerprint density at radius 3 is 1.81 bits per heavy atom. The monoisotopic (exact) mass is 374 g/mol. The summed E-state index contributed by atoms with van der Waals surface area (Å²) in [6.07, 6.45) is 1.03. The van der Waals surface area contributed by atoms with Crippen molar-refractivity contribution in [2.45, 2.75) is 38.7 Å². The molecule has 5 heteroatoms. The fourth-order valence-corrected chi connectivity index (χ4v) is 4.74. The highest BCUT2D eigenvalue weighted by Crippen LogP contribution is 2.32. The number of phenols is 1. The predicted octanol–water partition coefficient (Wildman–Crippen LogP) is 4.39. The van der Waals surface area contributed by atoms with Gasteiger partial charge in [0.2, 0.25) is 9.84 Å². The molecular weight excluding hydrogens is 348 g/mol. The molecule has 0 aromatic heterocycles. The van der Waals surface area contributed by atoms with Gasteiger partial charge in [-0.25, -0.2) is 8.42 Å². The standard InChI is InChI=1S/C21H26O4S/c1-5-21(15(3)14(2)16(4)22)26(24,25)20-12-8-18(9-13-20)17-6-10-19(23)11-7-17/h5-16,22-23H,1-4H3/b21-5-/t14-,15?,16+/m1/s1. The van der Waals surface area contributed by atoms with Crippen LogP contribution in [0.15, 0.2) is 64.4 Å². The van der Waals surface area contributed by atoms with Gasteiger partial charge in [-0.1, -0.05) is 44.2 Å². The first-order valence-electron chi connectivity index (χ1n) is 8.67. The van der Waals surface area contributed by atoms with Crippen molar-refractivity contribution in [3.63, 3.8) is 0 Å². The van der Waals surface area contributed by atoms with Crippen molar-refractivity contribution in [1.82, 2.24) is 0 Å². The van der Waals surface area contributed by atoms with E-state index < -0.39 is 15.9 Å². The maximum Gasteiger partial charge on any atom is 0.202 e. The van der Waals surface area contributed by atoms with Crippen molar-refractivity contribution in [3.8, 4) is 16.9 Å². The SMILES string of the molecule is C/C=C(/C(C)[C@@H](C)[C@H](C)O)S(=O)(=O)c1ccc(-c2ccc(O)cc2)cc1. The molecule has 3 atom stereocenters. The van der Waals surface area contributed by atoms with E-state index in [1.807, 2.05) is 13.8 Å². The molecule has 0 radical (unpaired) electrons. The molecule has 0 fully saturated rings. The third kappa shape index (κ3) is 4.17. The molecule has 2 rings (SSSR count). The molecule has 26 heavy (non-hydrogen) atoms. The molecule has 0 spiro atoms. The van der Waals surface area contributed by atoms with E-state index in [-0.39, 0.29) is 22.5 Å². The second-order valence-corrected chi connectivity index (χ2v) is 8.60. The first-order valence-corrected chi connectivity index (χ1v) is 10.2. The lowest BCUT2D eigenvalue weighted by atomic mass is 9.91. The van der Waals surface area contributed by atoms with Crippen molar-refractivity contribution < 1.29 is 18.6 Å². The van der Waals surface area contributed by atoms with Crippen molar-refractivity contribution in [2.75, 3.05) is 0 Å². The average molecular weight is 375 g/mol. The van der Waals surface area contributed by atoms with Crippen LogP contribution in [0.1, 0.15) is 27.7 Å². The van der Waals surface area contributed by atoms with E-state index in [1.165, 1.54) is 0 Å². The number of allylic oxidation sites excluding steroid dienone is 2. The lowest BCUT2D eigenvalue weighted by Gasteiger charge is -2.25. The summed E-state index contributed by atoms with van der Waals surface area (Å²) in [7, 11) is -3.62. The number of benzene rings is 2. The molecule has 2 N–H and O–H groups in total. The van der Waals surface area contributed by atoms with Crippen LogP contribution in [0.2, 0.25) is 0 Å². The third-order valence-electron chi connectivity index (χ3n) is 4.96. The molecule has 0 aliphatic carbocycles. The largest absolute Gasteiger partial charge is 0.508 e. The fourth-order valence-electron chi connectivity index (χ4n) is 2.96. The van der Waals surface area contributed by atoms with Gasteiger partial charge >= 0.3 is 0 Å². The number of sulfone groups is 1. The Kier molecular flexibility index (Phi) is 6.26. The number of aliphatic hydroxyl groups excluding tert-OH is 1. The maximum absolute atomic E-state index is 13.0. The molecule has 0 aliphatic heterocycles. The van der Waals surface area contributed by atoms with Crippen molar-refractivity contribution in [1.29, 1.82) is 0 Å². The zero-order valence-electron chi connectivity index (χ0n) is 15.5. The van der Waals surface area contributed by atoms with Crippen LogP contribution in [-0.2, 0) is 9.84 Å². The van der Waals surface area contributed by atoms with Crippen LogP contribution in [-0.4, -0.2) is 24.7 Å². The summed E-state index contributed by atoms with van der Waals surface area (Å²) in [5.74, 6) is -0.277. The van der Waals surface area contributed by atoms with Crippen LogP contribution in [0.5, 0.6) is 5.75 Å². The van der Waals surface area contributed by atoms with Crippen LogP contribution in [0, 0.1) is 11.8 Å². The maximum atomic E-state index is 13.0. The molecule has 0 saturated heterocycles. The highest BCUT2D eigenvalue weighted by Gasteiger charge is 2.30. The smallest absolute Gasteiger partial charge is 0.202 e. The Hall–Kier alpha value is -2.11. The van der Waals surface area contributed by atoms with Gasteiger partial charge < -0.3 is 10.2 Å². The molecule has 4 nitrogen and oxygen atoms in total. The van der Waals surface area contributed by atoms with Crippen molar-refractivity contribution >= 4 is 9.84 Å². The highest BCUT2D eigenvalue weighted by molar-refractivity contribution is 7.95. The molecule has 140 valence electrons. The second-order valence-electron chi connectivity index (χ2n) is 6.65. The van der Waals surface area contributed by atoms with Gasteiger partial charge in [0.15, 0.2) is 0 Å². The molecule has 0 bridgehead atoms. The third-order valence-corrected chi connectivity index (χ3v) is 7.08. The summed E-state index contributed by atoms with van der Waals surface area (Å²) in [5, 5.41) is 19.2. The summed E-state index contributed by atoms with van der Waals surface area (Å²) in [6.45, 7) is 7.06. The fraction of sp³-hybridized carbons (Fsp3) is 0.333. The Balaban J connectivity index is 2.35. The molecule has 0 saturated carbocycles. The highest BCUT2D eigenvalue weighted by atomic mass is 32.2. The van der Waals surface area contributed by atoms with Crippen LogP contribution in [0.3, 0.4) is 0 Å². The molecule has 2 aromatic carbocycles. The number of hydrogen-bond donors (Lipinski definition) is 2. The van der Waals surface area contributed by atoms with E-state index in [4.69, 9.17) is 0 Å². The minimum Gasteiger partial charge on any atom is -0.508 e. The number of hydrogen-bond acceptors (Lipinski definition) is 4. The normalized spacial score (nSPS) is 16.1. The zero-order valence-corrected chi connectivity index (χ0v) is 16.4. The van der Waals surface area contributed by atoms with Crippen LogP contribution >= 0.6 is 0 Å². The summed E-state index contributed by atoms with van der Waals surface area (Å²) in [5.41, 5.74) is 1.77.